The van der Waals surface area contributed by atoms with E-state index in [1.807, 2.05) is 6.92 Å². The van der Waals surface area contributed by atoms with Crippen molar-refractivity contribution in [2.45, 2.75) is 13.5 Å². The van der Waals surface area contributed by atoms with Crippen LogP contribution in [0.2, 0.25) is 0 Å². The van der Waals surface area contributed by atoms with Crippen molar-refractivity contribution in [3.05, 3.63) is 47.5 Å². The molecule has 0 radical (unpaired) electrons. The number of hydrogen-bond acceptors (Lipinski definition) is 3. The summed E-state index contributed by atoms with van der Waals surface area (Å²) >= 11 is 0. The molecule has 1 amide bonds. The molecule has 0 unspecified atom stereocenters. The number of nitrogens with two attached hydrogens (primary N) is 1. The van der Waals surface area contributed by atoms with Gasteiger partial charge >= 0.3 is 0 Å². The minimum Gasteiger partial charge on any atom is -0.320 e. The summed E-state index contributed by atoms with van der Waals surface area (Å²) in [5, 5.41) is 6.63. The normalized spacial score (nSPS) is 9.86. The maximum absolute atomic E-state index is 13.9. The Morgan fingerprint density at radius 2 is 2.33 bits per heavy atom. The van der Waals surface area contributed by atoms with E-state index in [1.165, 1.54) is 18.3 Å². The summed E-state index contributed by atoms with van der Waals surface area (Å²) in [6, 6.07) is 4.19. The van der Waals surface area contributed by atoms with Gasteiger partial charge in [0.15, 0.2) is 0 Å². The van der Waals surface area contributed by atoms with Crippen molar-refractivity contribution in [2.75, 3.05) is 11.9 Å². The van der Waals surface area contributed by atoms with Gasteiger partial charge in [0.05, 0.1) is 24.0 Å². The van der Waals surface area contributed by atoms with E-state index in [0.29, 0.717) is 17.8 Å². The van der Waals surface area contributed by atoms with Gasteiger partial charge in [0.2, 0.25) is 0 Å². The Balaban J connectivity index is 2.15. The summed E-state index contributed by atoms with van der Waals surface area (Å²) in [5.41, 5.74) is 6.21. The molecule has 0 bridgehead atoms. The highest BCUT2D eigenvalue weighted by atomic mass is 19.1. The number of anilines is 1. The fraction of sp³-hybridized carbons (Fsp3) is 0.200. The number of hydrogen-bond donors (Lipinski definition) is 2. The van der Waals surface area contributed by atoms with E-state index in [9.17, 15) is 9.18 Å². The van der Waals surface area contributed by atoms with E-state index in [1.54, 1.807) is 16.9 Å². The number of carbonyl (C=O) groups excluding carboxylic acids is 1. The van der Waals surface area contributed by atoms with Crippen molar-refractivity contribution >= 4 is 11.6 Å². The largest absolute Gasteiger partial charge is 0.320 e. The van der Waals surface area contributed by atoms with Crippen LogP contribution in [0.25, 0.3) is 0 Å². The van der Waals surface area contributed by atoms with Gasteiger partial charge in [-0.2, -0.15) is 5.10 Å². The Labute approximate surface area is 122 Å². The molecule has 0 spiro atoms. The molecule has 2 aromatic rings. The molecule has 0 atom stereocenters. The number of amides is 1. The molecule has 1 aromatic carbocycles. The lowest BCUT2D eigenvalue weighted by Crippen LogP contribution is -2.13. The maximum atomic E-state index is 13.9. The fourth-order valence-electron chi connectivity index (χ4n) is 1.73. The summed E-state index contributed by atoms with van der Waals surface area (Å²) < 4.78 is 15.6. The van der Waals surface area contributed by atoms with Crippen molar-refractivity contribution < 1.29 is 9.18 Å². The number of aromatic nitrogens is 2. The summed E-state index contributed by atoms with van der Waals surface area (Å²) in [5.74, 6) is 4.19. The monoisotopic (exact) mass is 286 g/mol. The summed E-state index contributed by atoms with van der Waals surface area (Å²) in [6.07, 6.45) is 3.19. The highest BCUT2D eigenvalue weighted by Crippen LogP contribution is 2.13. The van der Waals surface area contributed by atoms with E-state index < -0.39 is 11.7 Å². The first kappa shape index (κ1) is 14.8. The molecular weight excluding hydrogens is 271 g/mol. The number of rotatable bonds is 3. The van der Waals surface area contributed by atoms with Crippen molar-refractivity contribution in [3.8, 4) is 11.8 Å². The Kier molecular flexibility index (Phi) is 4.69. The van der Waals surface area contributed by atoms with Gasteiger partial charge < -0.3 is 11.1 Å². The van der Waals surface area contributed by atoms with Crippen LogP contribution in [0.1, 0.15) is 22.8 Å². The van der Waals surface area contributed by atoms with E-state index in [2.05, 4.69) is 22.3 Å². The Morgan fingerprint density at radius 3 is 2.95 bits per heavy atom. The third-order valence-electron chi connectivity index (χ3n) is 2.76. The number of nitrogens with one attached hydrogen (secondary N) is 1. The van der Waals surface area contributed by atoms with Crippen LogP contribution in [0.5, 0.6) is 0 Å². The van der Waals surface area contributed by atoms with Crippen LogP contribution >= 0.6 is 0 Å². The van der Waals surface area contributed by atoms with E-state index in [0.717, 1.165) is 0 Å². The molecule has 0 fully saturated rings. The van der Waals surface area contributed by atoms with Crippen LogP contribution in [-0.4, -0.2) is 22.2 Å². The first-order chi connectivity index (χ1) is 10.1. The molecule has 0 saturated heterocycles. The summed E-state index contributed by atoms with van der Waals surface area (Å²) in [4.78, 5) is 12.0. The lowest BCUT2D eigenvalue weighted by Gasteiger charge is -2.04. The van der Waals surface area contributed by atoms with Gasteiger partial charge in [0.1, 0.15) is 5.82 Å². The van der Waals surface area contributed by atoms with Crippen LogP contribution in [0.15, 0.2) is 30.6 Å². The van der Waals surface area contributed by atoms with E-state index in [4.69, 9.17) is 5.73 Å². The summed E-state index contributed by atoms with van der Waals surface area (Å²) in [7, 11) is 0. The number of nitrogens with zero attached hydrogens (tertiary/aromatic N) is 2. The maximum Gasteiger partial charge on any atom is 0.258 e. The zero-order valence-electron chi connectivity index (χ0n) is 11.6. The SMILES string of the molecule is CCn1cc(NC(=O)c2ccc(C#CCN)cc2F)cn1. The predicted octanol–water partition coefficient (Wildman–Crippen LogP) is 1.60. The smallest absolute Gasteiger partial charge is 0.258 e. The average Bonchev–Trinajstić information content (AvgIpc) is 2.92. The Morgan fingerprint density at radius 1 is 1.52 bits per heavy atom. The second-order valence-corrected chi connectivity index (χ2v) is 4.24. The van der Waals surface area contributed by atoms with Crippen molar-refractivity contribution in [3.63, 3.8) is 0 Å². The van der Waals surface area contributed by atoms with Gasteiger partial charge in [-0.3, -0.25) is 9.48 Å². The van der Waals surface area contributed by atoms with Gasteiger partial charge in [-0.25, -0.2) is 4.39 Å². The molecule has 3 N–H and O–H groups in total. The molecule has 21 heavy (non-hydrogen) atoms. The van der Waals surface area contributed by atoms with E-state index >= 15 is 0 Å². The number of benzene rings is 1. The van der Waals surface area contributed by atoms with Crippen LogP contribution in [0, 0.1) is 17.7 Å². The molecule has 1 aromatic heterocycles. The Bertz CT molecular complexity index is 712. The van der Waals surface area contributed by atoms with E-state index in [-0.39, 0.29) is 12.1 Å². The molecule has 0 aliphatic heterocycles. The highest BCUT2D eigenvalue weighted by Gasteiger charge is 2.13. The molecular formula is C15H15FN4O. The molecule has 0 saturated carbocycles. The minimum atomic E-state index is -0.626. The van der Waals surface area contributed by atoms with Crippen molar-refractivity contribution in [2.24, 2.45) is 5.73 Å². The van der Waals surface area contributed by atoms with Gasteiger partial charge in [-0.1, -0.05) is 11.8 Å². The molecule has 6 heteroatoms. The quantitative estimate of drug-likeness (QED) is 0.842. The second kappa shape index (κ2) is 6.68. The minimum absolute atomic E-state index is 0.0439. The molecule has 1 heterocycles. The average molecular weight is 286 g/mol. The molecule has 0 aliphatic rings. The molecule has 2 rings (SSSR count). The molecule has 5 nitrogen and oxygen atoms in total. The molecule has 0 aliphatic carbocycles. The van der Waals surface area contributed by atoms with Crippen LogP contribution < -0.4 is 11.1 Å². The van der Waals surface area contributed by atoms with Crippen molar-refractivity contribution in [1.82, 2.24) is 9.78 Å². The topological polar surface area (TPSA) is 72.9 Å². The van der Waals surface area contributed by atoms with Gasteiger partial charge in [0.25, 0.3) is 5.91 Å². The van der Waals surface area contributed by atoms with Crippen molar-refractivity contribution in [1.29, 1.82) is 0 Å². The third kappa shape index (κ3) is 3.68. The summed E-state index contributed by atoms with van der Waals surface area (Å²) in [6.45, 7) is 2.82. The lowest BCUT2D eigenvalue weighted by atomic mass is 10.1. The highest BCUT2D eigenvalue weighted by molar-refractivity contribution is 6.04. The zero-order valence-corrected chi connectivity index (χ0v) is 11.6. The number of aryl methyl sites for hydroxylation is 1. The zero-order chi connectivity index (χ0) is 15.2. The van der Waals surface area contributed by atoms with Gasteiger partial charge in [-0.05, 0) is 25.1 Å². The number of halogens is 1. The first-order valence-electron chi connectivity index (χ1n) is 6.46. The van der Waals surface area contributed by atoms with Gasteiger partial charge in [-0.15, -0.1) is 0 Å². The standard InChI is InChI=1S/C15H15FN4O/c1-2-20-10-12(9-18-20)19-15(21)13-6-5-11(4-3-7-17)8-14(13)16/h5-6,8-10H,2,7,17H2,1H3,(H,19,21). The Hall–Kier alpha value is -2.65. The number of carbonyl (C=O) groups is 1. The first-order valence-corrected chi connectivity index (χ1v) is 6.46. The predicted molar refractivity (Wildman–Crippen MR) is 78.2 cm³/mol. The van der Waals surface area contributed by atoms with Crippen LogP contribution in [0.4, 0.5) is 10.1 Å². The van der Waals surface area contributed by atoms with Crippen LogP contribution in [-0.2, 0) is 6.54 Å². The van der Waals surface area contributed by atoms with Crippen LogP contribution in [0.3, 0.4) is 0 Å². The fourth-order valence-corrected chi connectivity index (χ4v) is 1.73. The van der Waals surface area contributed by atoms with Gasteiger partial charge in [0, 0.05) is 18.3 Å². The lowest BCUT2D eigenvalue weighted by molar-refractivity contribution is 0.102. The third-order valence-corrected chi connectivity index (χ3v) is 2.76. The second-order valence-electron chi connectivity index (χ2n) is 4.24. The molecule has 108 valence electrons.